The number of benzene rings is 2. The summed E-state index contributed by atoms with van der Waals surface area (Å²) in [6.07, 6.45) is 0. The van der Waals surface area contributed by atoms with Crippen molar-refractivity contribution in [1.82, 2.24) is 15.0 Å². The van der Waals surface area contributed by atoms with Crippen LogP contribution in [0.3, 0.4) is 0 Å². The van der Waals surface area contributed by atoms with Gasteiger partial charge in [0.05, 0.1) is 22.1 Å². The molecule has 3 rings (SSSR count). The summed E-state index contributed by atoms with van der Waals surface area (Å²) >= 11 is 9.53. The second kappa shape index (κ2) is 6.47. The van der Waals surface area contributed by atoms with Crippen molar-refractivity contribution in [3.8, 4) is 11.3 Å². The van der Waals surface area contributed by atoms with E-state index in [1.807, 2.05) is 30.3 Å². The largest absolute Gasteiger partial charge is 0.280 e. The van der Waals surface area contributed by atoms with Gasteiger partial charge in [-0.1, -0.05) is 53.2 Å². The summed E-state index contributed by atoms with van der Waals surface area (Å²) in [5, 5.41) is 19.7. The van der Waals surface area contributed by atoms with Gasteiger partial charge in [0.15, 0.2) is 4.60 Å². The van der Waals surface area contributed by atoms with Gasteiger partial charge in [-0.2, -0.15) is 0 Å². The second-order valence-corrected chi connectivity index (χ2v) is 5.92. The molecule has 0 unspecified atom stereocenters. The SMILES string of the molecule is O=[N+]([O-])c1cccc(Cl)c1-c1c(Br)nnn1Cc1ccccc1. The molecule has 0 aliphatic heterocycles. The van der Waals surface area contributed by atoms with Crippen molar-refractivity contribution in [2.24, 2.45) is 0 Å². The van der Waals surface area contributed by atoms with Gasteiger partial charge in [-0.05, 0) is 27.6 Å². The first kappa shape index (κ1) is 15.6. The van der Waals surface area contributed by atoms with Crippen LogP contribution in [0.25, 0.3) is 11.3 Å². The lowest BCUT2D eigenvalue weighted by atomic mass is 10.1. The fourth-order valence-electron chi connectivity index (χ4n) is 2.29. The lowest BCUT2D eigenvalue weighted by Gasteiger charge is -2.09. The second-order valence-electron chi connectivity index (χ2n) is 4.76. The van der Waals surface area contributed by atoms with Crippen molar-refractivity contribution < 1.29 is 4.92 Å². The summed E-state index contributed by atoms with van der Waals surface area (Å²) in [4.78, 5) is 10.9. The van der Waals surface area contributed by atoms with Gasteiger partial charge in [0, 0.05) is 6.07 Å². The van der Waals surface area contributed by atoms with Crippen LogP contribution in [0, 0.1) is 10.1 Å². The van der Waals surface area contributed by atoms with Gasteiger partial charge in [-0.3, -0.25) is 10.1 Å². The van der Waals surface area contributed by atoms with Gasteiger partial charge in [-0.25, -0.2) is 4.68 Å². The minimum atomic E-state index is -0.465. The summed E-state index contributed by atoms with van der Waals surface area (Å²) in [7, 11) is 0. The zero-order chi connectivity index (χ0) is 16.4. The molecule has 0 saturated carbocycles. The molecule has 2 aromatic carbocycles. The number of hydrogen-bond acceptors (Lipinski definition) is 4. The average Bonchev–Trinajstić information content (AvgIpc) is 2.88. The number of halogens is 2. The van der Waals surface area contributed by atoms with Crippen LogP contribution in [0.5, 0.6) is 0 Å². The van der Waals surface area contributed by atoms with Gasteiger partial charge in [0.2, 0.25) is 0 Å². The molecule has 3 aromatic rings. The number of nitrogens with zero attached hydrogens (tertiary/aromatic N) is 4. The number of rotatable bonds is 4. The number of aromatic nitrogens is 3. The minimum Gasteiger partial charge on any atom is -0.258 e. The van der Waals surface area contributed by atoms with E-state index in [1.54, 1.807) is 16.8 Å². The highest BCUT2D eigenvalue weighted by Crippen LogP contribution is 2.39. The minimum absolute atomic E-state index is 0.0881. The van der Waals surface area contributed by atoms with Crippen molar-refractivity contribution in [1.29, 1.82) is 0 Å². The molecule has 0 aliphatic carbocycles. The topological polar surface area (TPSA) is 73.8 Å². The Kier molecular flexibility index (Phi) is 4.40. The summed E-state index contributed by atoms with van der Waals surface area (Å²) in [6, 6.07) is 14.2. The van der Waals surface area contributed by atoms with Gasteiger partial charge in [0.25, 0.3) is 5.69 Å². The number of hydrogen-bond donors (Lipinski definition) is 0. The first-order valence-electron chi connectivity index (χ1n) is 6.64. The van der Waals surface area contributed by atoms with Crippen LogP contribution < -0.4 is 0 Å². The Labute approximate surface area is 145 Å². The molecule has 6 nitrogen and oxygen atoms in total. The number of nitro groups is 1. The molecular formula is C15H10BrClN4O2. The van der Waals surface area contributed by atoms with Gasteiger partial charge < -0.3 is 0 Å². The van der Waals surface area contributed by atoms with Crippen molar-refractivity contribution >= 4 is 33.2 Å². The van der Waals surface area contributed by atoms with Crippen LogP contribution in [0.15, 0.2) is 53.1 Å². The maximum Gasteiger partial charge on any atom is 0.280 e. The van der Waals surface area contributed by atoms with Crippen LogP contribution in [0.4, 0.5) is 5.69 Å². The molecule has 0 amide bonds. The standard InChI is InChI=1S/C15H10BrClN4O2/c16-15-14(13-11(17)7-4-8-12(13)21(22)23)20(19-18-15)9-10-5-2-1-3-6-10/h1-8H,9H2. The fourth-order valence-corrected chi connectivity index (χ4v) is 3.02. The van der Waals surface area contributed by atoms with E-state index in [9.17, 15) is 10.1 Å². The molecule has 0 fully saturated rings. The van der Waals surface area contributed by atoms with E-state index in [2.05, 4.69) is 26.2 Å². The monoisotopic (exact) mass is 392 g/mol. The summed E-state index contributed by atoms with van der Waals surface area (Å²) in [5.74, 6) is 0. The van der Waals surface area contributed by atoms with Gasteiger partial charge >= 0.3 is 0 Å². The molecule has 0 atom stereocenters. The molecule has 0 bridgehead atoms. The Morgan fingerprint density at radius 2 is 1.91 bits per heavy atom. The highest BCUT2D eigenvalue weighted by molar-refractivity contribution is 9.10. The summed E-state index contributed by atoms with van der Waals surface area (Å²) in [6.45, 7) is 0.428. The van der Waals surface area contributed by atoms with Crippen LogP contribution in [0.2, 0.25) is 5.02 Å². The molecule has 0 N–H and O–H groups in total. The van der Waals surface area contributed by atoms with E-state index in [0.717, 1.165) is 5.56 Å². The zero-order valence-electron chi connectivity index (χ0n) is 11.7. The Morgan fingerprint density at radius 1 is 1.17 bits per heavy atom. The molecule has 0 saturated heterocycles. The van der Waals surface area contributed by atoms with E-state index >= 15 is 0 Å². The molecule has 1 aromatic heterocycles. The van der Waals surface area contributed by atoms with E-state index in [-0.39, 0.29) is 10.7 Å². The Bertz CT molecular complexity index is 867. The van der Waals surface area contributed by atoms with Crippen molar-refractivity contribution in [3.05, 3.63) is 73.8 Å². The predicted molar refractivity (Wildman–Crippen MR) is 90.4 cm³/mol. The highest BCUT2D eigenvalue weighted by Gasteiger charge is 2.25. The van der Waals surface area contributed by atoms with Crippen LogP contribution in [-0.2, 0) is 6.54 Å². The lowest BCUT2D eigenvalue weighted by molar-refractivity contribution is -0.384. The van der Waals surface area contributed by atoms with Crippen LogP contribution in [-0.4, -0.2) is 19.9 Å². The average molecular weight is 394 g/mol. The third kappa shape index (κ3) is 3.11. The maximum atomic E-state index is 11.3. The van der Waals surface area contributed by atoms with Crippen molar-refractivity contribution in [2.75, 3.05) is 0 Å². The summed E-state index contributed by atoms with van der Waals surface area (Å²) < 4.78 is 2.00. The smallest absolute Gasteiger partial charge is 0.258 e. The zero-order valence-corrected chi connectivity index (χ0v) is 14.0. The molecule has 0 radical (unpaired) electrons. The predicted octanol–water partition coefficient (Wildman–Crippen LogP) is 4.32. The van der Waals surface area contributed by atoms with Crippen LogP contribution >= 0.6 is 27.5 Å². The van der Waals surface area contributed by atoms with Gasteiger partial charge in [-0.15, -0.1) is 5.10 Å². The van der Waals surface area contributed by atoms with Gasteiger partial charge in [0.1, 0.15) is 5.69 Å². The van der Waals surface area contributed by atoms with Crippen molar-refractivity contribution in [3.63, 3.8) is 0 Å². The first-order chi connectivity index (χ1) is 11.1. The first-order valence-corrected chi connectivity index (χ1v) is 7.81. The molecule has 8 heteroatoms. The summed E-state index contributed by atoms with van der Waals surface area (Å²) in [5.41, 5.74) is 1.69. The normalized spacial score (nSPS) is 10.7. The maximum absolute atomic E-state index is 11.3. The van der Waals surface area contributed by atoms with E-state index in [1.165, 1.54) is 6.07 Å². The molecule has 116 valence electrons. The molecule has 0 spiro atoms. The third-order valence-corrected chi connectivity index (χ3v) is 4.14. The Hall–Kier alpha value is -2.25. The molecule has 0 aliphatic rings. The van der Waals surface area contributed by atoms with Crippen molar-refractivity contribution in [2.45, 2.75) is 6.54 Å². The Morgan fingerprint density at radius 3 is 2.61 bits per heavy atom. The Balaban J connectivity index is 2.15. The van der Waals surface area contributed by atoms with E-state index < -0.39 is 4.92 Å². The molecular weight excluding hydrogens is 384 g/mol. The quantitative estimate of drug-likeness (QED) is 0.489. The number of nitro benzene ring substituents is 1. The third-order valence-electron chi connectivity index (χ3n) is 3.29. The highest BCUT2D eigenvalue weighted by atomic mass is 79.9. The van der Waals surface area contributed by atoms with Crippen LogP contribution in [0.1, 0.15) is 5.56 Å². The fraction of sp³-hybridized carbons (Fsp3) is 0.0667. The van der Waals surface area contributed by atoms with E-state index in [0.29, 0.717) is 22.4 Å². The lowest BCUT2D eigenvalue weighted by Crippen LogP contribution is -2.05. The molecule has 1 heterocycles. The van der Waals surface area contributed by atoms with E-state index in [4.69, 9.17) is 11.6 Å². The molecule has 23 heavy (non-hydrogen) atoms.